The van der Waals surface area contributed by atoms with E-state index in [1.807, 2.05) is 41.2 Å². The molecule has 0 unspecified atom stereocenters. The van der Waals surface area contributed by atoms with E-state index >= 15 is 0 Å². The van der Waals surface area contributed by atoms with Gasteiger partial charge in [-0.05, 0) is 42.7 Å². The number of aromatic nitrogens is 2. The van der Waals surface area contributed by atoms with Gasteiger partial charge in [0.15, 0.2) is 0 Å². The second-order valence-electron chi connectivity index (χ2n) is 6.37. The minimum Gasteiger partial charge on any atom is -0.317 e. The first-order chi connectivity index (χ1) is 12.5. The van der Waals surface area contributed by atoms with Crippen LogP contribution in [-0.4, -0.2) is 16.1 Å². The Morgan fingerprint density at radius 1 is 1.23 bits per heavy atom. The molecule has 26 heavy (non-hydrogen) atoms. The summed E-state index contributed by atoms with van der Waals surface area (Å²) in [5.41, 5.74) is 5.74. The molecule has 0 radical (unpaired) electrons. The molecule has 132 valence electrons. The SMILES string of the molecule is C=C(c1ccc(CC)cc1)N(/C=C(\C)C=O)c1ccc2c(cnn2C)c1. The molecule has 0 bridgehead atoms. The summed E-state index contributed by atoms with van der Waals surface area (Å²) in [6.07, 6.45) is 5.51. The zero-order chi connectivity index (χ0) is 18.7. The van der Waals surface area contributed by atoms with Crippen LogP contribution in [0.2, 0.25) is 0 Å². The van der Waals surface area contributed by atoms with Crippen molar-refractivity contribution in [2.75, 3.05) is 4.90 Å². The lowest BCUT2D eigenvalue weighted by molar-refractivity contribution is -0.104. The number of hydrogen-bond donors (Lipinski definition) is 0. The van der Waals surface area contributed by atoms with E-state index in [0.717, 1.165) is 40.6 Å². The molecule has 4 heteroatoms. The molecule has 1 aromatic heterocycles. The minimum absolute atomic E-state index is 0.627. The Morgan fingerprint density at radius 3 is 2.62 bits per heavy atom. The van der Waals surface area contributed by atoms with Gasteiger partial charge >= 0.3 is 0 Å². The molecule has 0 aliphatic heterocycles. The monoisotopic (exact) mass is 345 g/mol. The first-order valence-electron chi connectivity index (χ1n) is 8.66. The number of benzene rings is 2. The first-order valence-corrected chi connectivity index (χ1v) is 8.66. The summed E-state index contributed by atoms with van der Waals surface area (Å²) in [6, 6.07) is 14.5. The number of rotatable bonds is 6. The maximum absolute atomic E-state index is 11.2. The van der Waals surface area contributed by atoms with E-state index in [4.69, 9.17) is 0 Å². The maximum atomic E-state index is 11.2. The molecule has 0 aliphatic rings. The van der Waals surface area contributed by atoms with E-state index < -0.39 is 0 Å². The van der Waals surface area contributed by atoms with Gasteiger partial charge in [0.1, 0.15) is 6.29 Å². The molecule has 4 nitrogen and oxygen atoms in total. The number of aldehydes is 1. The van der Waals surface area contributed by atoms with Crippen molar-refractivity contribution in [2.24, 2.45) is 7.05 Å². The molecule has 0 spiro atoms. The highest BCUT2D eigenvalue weighted by Crippen LogP contribution is 2.29. The average Bonchev–Trinajstić information content (AvgIpc) is 3.05. The van der Waals surface area contributed by atoms with Gasteiger partial charge in [-0.2, -0.15) is 5.10 Å². The van der Waals surface area contributed by atoms with Gasteiger partial charge in [-0.1, -0.05) is 37.8 Å². The van der Waals surface area contributed by atoms with Gasteiger partial charge in [-0.15, -0.1) is 0 Å². The molecule has 1 heterocycles. The third kappa shape index (κ3) is 3.45. The van der Waals surface area contributed by atoms with Crippen molar-refractivity contribution in [3.63, 3.8) is 0 Å². The van der Waals surface area contributed by atoms with Crippen LogP contribution >= 0.6 is 0 Å². The third-order valence-corrected chi connectivity index (χ3v) is 4.51. The molecule has 3 aromatic rings. The van der Waals surface area contributed by atoms with E-state index in [1.165, 1.54) is 5.56 Å². The van der Waals surface area contributed by atoms with Crippen LogP contribution in [0.3, 0.4) is 0 Å². The molecule has 0 saturated heterocycles. The second kappa shape index (κ2) is 7.40. The Labute approximate surface area is 154 Å². The van der Waals surface area contributed by atoms with Crippen molar-refractivity contribution in [3.05, 3.63) is 78.1 Å². The second-order valence-corrected chi connectivity index (χ2v) is 6.37. The number of hydrogen-bond acceptors (Lipinski definition) is 3. The van der Waals surface area contributed by atoms with Crippen LogP contribution in [0.5, 0.6) is 0 Å². The van der Waals surface area contributed by atoms with Gasteiger partial charge in [0.05, 0.1) is 11.7 Å². The van der Waals surface area contributed by atoms with Crippen LogP contribution in [0.25, 0.3) is 16.6 Å². The summed E-state index contributed by atoms with van der Waals surface area (Å²) in [7, 11) is 1.92. The van der Waals surface area contributed by atoms with Crippen molar-refractivity contribution in [2.45, 2.75) is 20.3 Å². The number of aryl methyl sites for hydroxylation is 2. The van der Waals surface area contributed by atoms with Gasteiger partial charge in [0, 0.05) is 35.6 Å². The van der Waals surface area contributed by atoms with E-state index in [9.17, 15) is 4.79 Å². The number of carbonyl (C=O) groups excluding carboxylic acids is 1. The van der Waals surface area contributed by atoms with E-state index in [-0.39, 0.29) is 0 Å². The fourth-order valence-electron chi connectivity index (χ4n) is 2.92. The summed E-state index contributed by atoms with van der Waals surface area (Å²) in [4.78, 5) is 13.1. The minimum atomic E-state index is 0.627. The zero-order valence-corrected chi connectivity index (χ0v) is 15.4. The van der Waals surface area contributed by atoms with E-state index in [0.29, 0.717) is 5.57 Å². The highest BCUT2D eigenvalue weighted by molar-refractivity contribution is 5.88. The quantitative estimate of drug-likeness (QED) is 0.479. The molecule has 0 atom stereocenters. The maximum Gasteiger partial charge on any atom is 0.147 e. The molecule has 0 N–H and O–H groups in total. The molecule has 0 amide bonds. The predicted octanol–water partition coefficient (Wildman–Crippen LogP) is 4.72. The fourth-order valence-corrected chi connectivity index (χ4v) is 2.92. The van der Waals surface area contributed by atoms with Crippen LogP contribution in [-0.2, 0) is 18.3 Å². The molecule has 3 rings (SSSR count). The molecular formula is C22H23N3O. The summed E-state index contributed by atoms with van der Waals surface area (Å²) in [5, 5.41) is 5.34. The Hall–Kier alpha value is -3.14. The molecule has 2 aromatic carbocycles. The summed E-state index contributed by atoms with van der Waals surface area (Å²) < 4.78 is 1.84. The van der Waals surface area contributed by atoms with Crippen LogP contribution in [0.4, 0.5) is 5.69 Å². The van der Waals surface area contributed by atoms with Crippen LogP contribution in [0.1, 0.15) is 25.0 Å². The summed E-state index contributed by atoms with van der Waals surface area (Å²) in [5.74, 6) is 0. The Bertz CT molecular complexity index is 980. The van der Waals surface area contributed by atoms with Crippen molar-refractivity contribution in [1.29, 1.82) is 0 Å². The lowest BCUT2D eigenvalue weighted by atomic mass is 10.1. The third-order valence-electron chi connectivity index (χ3n) is 4.51. The predicted molar refractivity (Wildman–Crippen MR) is 108 cm³/mol. The van der Waals surface area contributed by atoms with Crippen LogP contribution in [0.15, 0.2) is 67.0 Å². The standard InChI is InChI=1S/C22H23N3O/c1-5-18-6-8-19(9-7-18)17(3)25(14-16(2)15-26)21-10-11-22-20(12-21)13-23-24(22)4/h6-15H,3,5H2,1-2,4H3/b16-14+. The Balaban J connectivity index is 2.05. The van der Waals surface area contributed by atoms with Crippen molar-refractivity contribution in [1.82, 2.24) is 9.78 Å². The molecule has 0 fully saturated rings. The number of allylic oxidation sites excluding steroid dienone is 1. The Morgan fingerprint density at radius 2 is 1.96 bits per heavy atom. The first kappa shape index (κ1) is 17.7. The zero-order valence-electron chi connectivity index (χ0n) is 15.4. The van der Waals surface area contributed by atoms with Gasteiger partial charge in [-0.3, -0.25) is 9.48 Å². The largest absolute Gasteiger partial charge is 0.317 e. The molecule has 0 aliphatic carbocycles. The number of nitrogens with zero attached hydrogens (tertiary/aromatic N) is 3. The van der Waals surface area contributed by atoms with E-state index in [2.05, 4.69) is 48.9 Å². The number of carbonyl (C=O) groups is 1. The average molecular weight is 345 g/mol. The molecule has 0 saturated carbocycles. The van der Waals surface area contributed by atoms with Crippen molar-refractivity contribution < 1.29 is 4.79 Å². The van der Waals surface area contributed by atoms with Crippen molar-refractivity contribution >= 4 is 28.6 Å². The number of anilines is 1. The normalized spacial score (nSPS) is 11.6. The number of fused-ring (bicyclic) bond motifs is 1. The van der Waals surface area contributed by atoms with Gasteiger partial charge in [-0.25, -0.2) is 0 Å². The highest BCUT2D eigenvalue weighted by atomic mass is 16.1. The smallest absolute Gasteiger partial charge is 0.147 e. The lowest BCUT2D eigenvalue weighted by Gasteiger charge is -2.24. The highest BCUT2D eigenvalue weighted by Gasteiger charge is 2.12. The van der Waals surface area contributed by atoms with E-state index in [1.54, 1.807) is 6.92 Å². The molecular weight excluding hydrogens is 322 g/mol. The lowest BCUT2D eigenvalue weighted by Crippen LogP contribution is -2.14. The van der Waals surface area contributed by atoms with Gasteiger partial charge < -0.3 is 4.90 Å². The summed E-state index contributed by atoms with van der Waals surface area (Å²) in [6.45, 7) is 8.20. The summed E-state index contributed by atoms with van der Waals surface area (Å²) >= 11 is 0. The van der Waals surface area contributed by atoms with Gasteiger partial charge in [0.25, 0.3) is 0 Å². The fraction of sp³-hybridized carbons (Fsp3) is 0.182. The van der Waals surface area contributed by atoms with Crippen molar-refractivity contribution in [3.8, 4) is 0 Å². The Kier molecular flexibility index (Phi) is 5.03. The van der Waals surface area contributed by atoms with Crippen LogP contribution < -0.4 is 4.90 Å². The topological polar surface area (TPSA) is 38.1 Å². The van der Waals surface area contributed by atoms with Gasteiger partial charge in [0.2, 0.25) is 0 Å². The van der Waals surface area contributed by atoms with Crippen LogP contribution in [0, 0.1) is 0 Å².